The Kier molecular flexibility index (Phi) is 4.11. The van der Waals surface area contributed by atoms with Gasteiger partial charge in [-0.1, -0.05) is 0 Å². The topological polar surface area (TPSA) is 70.9 Å². The van der Waals surface area contributed by atoms with Gasteiger partial charge in [-0.05, 0) is 45.7 Å². The first-order chi connectivity index (χ1) is 9.00. The molecule has 0 amide bonds. The third-order valence-electron chi connectivity index (χ3n) is 3.92. The van der Waals surface area contributed by atoms with Crippen molar-refractivity contribution in [3.8, 4) is 6.07 Å². The summed E-state index contributed by atoms with van der Waals surface area (Å²) in [6.07, 6.45) is 5.11. The number of nitrogens with two attached hydrogens (primary N) is 1. The van der Waals surface area contributed by atoms with Gasteiger partial charge in [-0.25, -0.2) is 0 Å². The minimum absolute atomic E-state index is 0.215. The van der Waals surface area contributed by atoms with Gasteiger partial charge in [0, 0.05) is 19.3 Å². The van der Waals surface area contributed by atoms with Crippen molar-refractivity contribution in [3.05, 3.63) is 12.3 Å². The number of anilines is 1. The van der Waals surface area contributed by atoms with Crippen molar-refractivity contribution < 1.29 is 0 Å². The zero-order valence-electron chi connectivity index (χ0n) is 11.8. The van der Waals surface area contributed by atoms with Gasteiger partial charge < -0.3 is 10.6 Å². The van der Waals surface area contributed by atoms with Gasteiger partial charge in [0.2, 0.25) is 0 Å². The van der Waals surface area contributed by atoms with Crippen molar-refractivity contribution >= 4 is 5.82 Å². The van der Waals surface area contributed by atoms with Gasteiger partial charge in [-0.15, -0.1) is 0 Å². The average Bonchev–Trinajstić information content (AvgIpc) is 2.84. The molecule has 1 fully saturated rings. The number of hydrogen-bond acceptors (Lipinski definition) is 4. The molecule has 5 heteroatoms. The summed E-state index contributed by atoms with van der Waals surface area (Å²) in [6, 6.07) is 4.68. The van der Waals surface area contributed by atoms with Crippen molar-refractivity contribution in [2.24, 2.45) is 5.41 Å². The summed E-state index contributed by atoms with van der Waals surface area (Å²) in [7, 11) is 0. The number of piperidine rings is 1. The lowest BCUT2D eigenvalue weighted by atomic mass is 9.91. The monoisotopic (exact) mass is 261 g/mol. The van der Waals surface area contributed by atoms with Gasteiger partial charge in [0.15, 0.2) is 0 Å². The minimum Gasteiger partial charge on any atom is -0.382 e. The summed E-state index contributed by atoms with van der Waals surface area (Å²) >= 11 is 0. The Morgan fingerprint density at radius 2 is 2.16 bits per heavy atom. The molecule has 19 heavy (non-hydrogen) atoms. The lowest BCUT2D eigenvalue weighted by Crippen LogP contribution is -2.36. The molecule has 1 saturated heterocycles. The van der Waals surface area contributed by atoms with E-state index in [1.165, 1.54) is 0 Å². The third kappa shape index (κ3) is 3.71. The van der Waals surface area contributed by atoms with E-state index >= 15 is 0 Å². The smallest absolute Gasteiger partial charge is 0.145 e. The lowest BCUT2D eigenvalue weighted by Gasteiger charge is -2.33. The standard InChI is InChI=1S/C14H23N5/c1-14(2,11-15)6-10-18-7-3-12(4-8-18)19-9-5-13(16)17-19/h5,9,12H,3-4,6-8,10H2,1-2H3,(H2,16,17). The van der Waals surface area contributed by atoms with E-state index in [1.807, 2.05) is 30.8 Å². The highest BCUT2D eigenvalue weighted by Gasteiger charge is 2.23. The Morgan fingerprint density at radius 1 is 1.47 bits per heavy atom. The fourth-order valence-electron chi connectivity index (χ4n) is 2.46. The maximum absolute atomic E-state index is 9.02. The molecule has 0 spiro atoms. The molecule has 2 heterocycles. The van der Waals surface area contributed by atoms with Gasteiger partial charge in [-0.3, -0.25) is 4.68 Å². The summed E-state index contributed by atoms with van der Waals surface area (Å²) in [6.45, 7) is 7.17. The molecular formula is C14H23N5. The quantitative estimate of drug-likeness (QED) is 0.900. The first-order valence-electron chi connectivity index (χ1n) is 6.94. The molecule has 2 rings (SSSR count). The fraction of sp³-hybridized carbons (Fsp3) is 0.714. The summed E-state index contributed by atoms with van der Waals surface area (Å²) in [5, 5.41) is 13.3. The predicted molar refractivity (Wildman–Crippen MR) is 75.4 cm³/mol. The third-order valence-corrected chi connectivity index (χ3v) is 3.92. The molecule has 0 aliphatic carbocycles. The first-order valence-corrected chi connectivity index (χ1v) is 6.94. The Labute approximate surface area is 115 Å². The van der Waals surface area contributed by atoms with Gasteiger partial charge in [-0.2, -0.15) is 10.4 Å². The van der Waals surface area contributed by atoms with Crippen LogP contribution in [0, 0.1) is 16.7 Å². The fourth-order valence-corrected chi connectivity index (χ4v) is 2.46. The second kappa shape index (κ2) is 5.62. The Balaban J connectivity index is 1.78. The second-order valence-corrected chi connectivity index (χ2v) is 6.04. The van der Waals surface area contributed by atoms with Crippen LogP contribution in [0.1, 0.15) is 39.2 Å². The molecule has 1 aliphatic heterocycles. The first kappa shape index (κ1) is 13.9. The number of nitrogen functional groups attached to an aromatic ring is 1. The largest absolute Gasteiger partial charge is 0.382 e. The molecule has 0 atom stereocenters. The number of aromatic nitrogens is 2. The van der Waals surface area contributed by atoms with Gasteiger partial charge in [0.25, 0.3) is 0 Å². The van der Waals surface area contributed by atoms with Gasteiger partial charge in [0.1, 0.15) is 5.82 Å². The van der Waals surface area contributed by atoms with E-state index in [0.29, 0.717) is 11.9 Å². The maximum Gasteiger partial charge on any atom is 0.145 e. The van der Waals surface area contributed by atoms with Crippen LogP contribution in [0.4, 0.5) is 5.82 Å². The molecule has 104 valence electrons. The van der Waals surface area contributed by atoms with Crippen molar-refractivity contribution in [2.75, 3.05) is 25.4 Å². The highest BCUT2D eigenvalue weighted by atomic mass is 15.3. The zero-order valence-corrected chi connectivity index (χ0v) is 11.8. The van der Waals surface area contributed by atoms with E-state index in [-0.39, 0.29) is 5.41 Å². The molecule has 1 aromatic rings. The van der Waals surface area contributed by atoms with Crippen LogP contribution < -0.4 is 5.73 Å². The number of likely N-dealkylation sites (tertiary alicyclic amines) is 1. The number of nitriles is 1. The van der Waals surface area contributed by atoms with E-state index in [2.05, 4.69) is 16.1 Å². The van der Waals surface area contributed by atoms with Crippen LogP contribution in [0.5, 0.6) is 0 Å². The Bertz CT molecular complexity index is 449. The molecular weight excluding hydrogens is 238 g/mol. The minimum atomic E-state index is -0.215. The highest BCUT2D eigenvalue weighted by Crippen LogP contribution is 2.24. The van der Waals surface area contributed by atoms with E-state index < -0.39 is 0 Å². The van der Waals surface area contributed by atoms with Crippen LogP contribution >= 0.6 is 0 Å². The molecule has 0 radical (unpaired) electrons. The van der Waals surface area contributed by atoms with Crippen LogP contribution in [0.15, 0.2) is 12.3 Å². The van der Waals surface area contributed by atoms with E-state index in [9.17, 15) is 0 Å². The molecule has 0 saturated carbocycles. The highest BCUT2D eigenvalue weighted by molar-refractivity contribution is 5.24. The van der Waals surface area contributed by atoms with Crippen LogP contribution in [-0.4, -0.2) is 34.3 Å². The SMILES string of the molecule is CC(C)(C#N)CCN1CCC(n2ccc(N)n2)CC1. The second-order valence-electron chi connectivity index (χ2n) is 6.04. The molecule has 2 N–H and O–H groups in total. The van der Waals surface area contributed by atoms with Crippen LogP contribution in [0.3, 0.4) is 0 Å². The molecule has 1 aliphatic rings. The van der Waals surface area contributed by atoms with E-state index in [1.54, 1.807) is 0 Å². The van der Waals surface area contributed by atoms with Crippen LogP contribution in [-0.2, 0) is 0 Å². The van der Waals surface area contributed by atoms with Crippen molar-refractivity contribution in [1.82, 2.24) is 14.7 Å². The maximum atomic E-state index is 9.02. The number of rotatable bonds is 4. The zero-order chi connectivity index (χ0) is 13.9. The predicted octanol–water partition coefficient (Wildman–Crippen LogP) is 2.04. The molecule has 1 aromatic heterocycles. The van der Waals surface area contributed by atoms with Crippen LogP contribution in [0.25, 0.3) is 0 Å². The van der Waals surface area contributed by atoms with Crippen molar-refractivity contribution in [1.29, 1.82) is 5.26 Å². The Morgan fingerprint density at radius 3 is 2.68 bits per heavy atom. The molecule has 0 aromatic carbocycles. The van der Waals surface area contributed by atoms with E-state index in [0.717, 1.165) is 38.9 Å². The normalized spacial score (nSPS) is 18.4. The number of nitrogens with zero attached hydrogens (tertiary/aromatic N) is 4. The average molecular weight is 261 g/mol. The van der Waals surface area contributed by atoms with Gasteiger partial charge >= 0.3 is 0 Å². The van der Waals surface area contributed by atoms with Crippen molar-refractivity contribution in [2.45, 2.75) is 39.2 Å². The summed E-state index contributed by atoms with van der Waals surface area (Å²) < 4.78 is 1.99. The molecule has 0 unspecified atom stereocenters. The lowest BCUT2D eigenvalue weighted by molar-refractivity contribution is 0.166. The molecule has 0 bridgehead atoms. The molecule has 5 nitrogen and oxygen atoms in total. The van der Waals surface area contributed by atoms with Gasteiger partial charge in [0.05, 0.1) is 17.5 Å². The summed E-state index contributed by atoms with van der Waals surface area (Å²) in [5.41, 5.74) is 5.44. The summed E-state index contributed by atoms with van der Waals surface area (Å²) in [4.78, 5) is 2.45. The summed E-state index contributed by atoms with van der Waals surface area (Å²) in [5.74, 6) is 0.596. The Hall–Kier alpha value is -1.54. The van der Waals surface area contributed by atoms with Crippen molar-refractivity contribution in [3.63, 3.8) is 0 Å². The number of hydrogen-bond donors (Lipinski definition) is 1. The van der Waals surface area contributed by atoms with E-state index in [4.69, 9.17) is 11.0 Å². The van der Waals surface area contributed by atoms with Crippen LogP contribution in [0.2, 0.25) is 0 Å².